The molecule has 0 bridgehead atoms. The number of aromatic hydroxyl groups is 1. The van der Waals surface area contributed by atoms with Gasteiger partial charge in [-0.2, -0.15) is 5.26 Å². The van der Waals surface area contributed by atoms with Crippen LogP contribution >= 0.6 is 23.2 Å². The Balaban J connectivity index is 2.33. The normalized spacial score (nSPS) is 10.8. The summed E-state index contributed by atoms with van der Waals surface area (Å²) in [6, 6.07) is 5.17. The number of hydrogen-bond acceptors (Lipinski definition) is 6. The number of primary sulfonamides is 1. The highest BCUT2D eigenvalue weighted by atomic mass is 35.5. The summed E-state index contributed by atoms with van der Waals surface area (Å²) in [6.45, 7) is 0. The van der Waals surface area contributed by atoms with Gasteiger partial charge in [0, 0.05) is 6.20 Å². The summed E-state index contributed by atoms with van der Waals surface area (Å²) in [7, 11) is -4.43. The van der Waals surface area contributed by atoms with E-state index in [1.165, 1.54) is 18.2 Å². The van der Waals surface area contributed by atoms with Gasteiger partial charge in [0.25, 0.3) is 0 Å². The topological polar surface area (TPSA) is 158 Å². The van der Waals surface area contributed by atoms with Crippen LogP contribution in [0.2, 0.25) is 10.0 Å². The molecule has 0 fully saturated rings. The van der Waals surface area contributed by atoms with Gasteiger partial charge in [-0.15, -0.1) is 0 Å². The standard InChI is InChI=1S/C13H9Cl2N5O4S/c14-7-2-1-3-8(9(7)15)19-13(22)20-12-10(21)11(25(17,23)24)6(4-16)5-18-12/h1-3,5,21H,(H2,17,23,24)(H2,18,19,20,22). The van der Waals surface area contributed by atoms with E-state index in [2.05, 4.69) is 15.6 Å². The number of sulfonamides is 1. The Bertz CT molecular complexity index is 1000. The molecular weight excluding hydrogens is 393 g/mol. The van der Waals surface area contributed by atoms with E-state index in [-0.39, 0.29) is 15.7 Å². The van der Waals surface area contributed by atoms with Crippen molar-refractivity contribution in [1.29, 1.82) is 5.26 Å². The molecule has 0 atom stereocenters. The first-order valence-corrected chi connectivity index (χ1v) is 8.62. The summed E-state index contributed by atoms with van der Waals surface area (Å²) >= 11 is 11.7. The molecule has 2 amide bonds. The van der Waals surface area contributed by atoms with Crippen molar-refractivity contribution in [2.24, 2.45) is 5.14 Å². The first-order chi connectivity index (χ1) is 11.6. The van der Waals surface area contributed by atoms with Crippen molar-refractivity contribution in [3.8, 4) is 11.8 Å². The molecule has 1 aromatic carbocycles. The highest BCUT2D eigenvalue weighted by Gasteiger charge is 2.24. The van der Waals surface area contributed by atoms with E-state index in [0.29, 0.717) is 0 Å². The minimum Gasteiger partial charge on any atom is -0.503 e. The van der Waals surface area contributed by atoms with Crippen LogP contribution in [0.1, 0.15) is 5.56 Å². The third-order valence-electron chi connectivity index (χ3n) is 2.84. The number of nitrogens with zero attached hydrogens (tertiary/aromatic N) is 2. The second-order valence-electron chi connectivity index (χ2n) is 4.54. The van der Waals surface area contributed by atoms with E-state index in [0.717, 1.165) is 6.20 Å². The van der Waals surface area contributed by atoms with Crippen LogP contribution in [0.15, 0.2) is 29.3 Å². The molecule has 1 aromatic heterocycles. The quantitative estimate of drug-likeness (QED) is 0.616. The summed E-state index contributed by atoms with van der Waals surface area (Å²) in [5.41, 5.74) is -0.296. The largest absolute Gasteiger partial charge is 0.503 e. The van der Waals surface area contributed by atoms with E-state index in [1.807, 2.05) is 0 Å². The summed E-state index contributed by atoms with van der Waals surface area (Å²) in [6.07, 6.45) is 0.849. The molecular formula is C13H9Cl2N5O4S. The molecule has 0 aliphatic rings. The Morgan fingerprint density at radius 3 is 2.60 bits per heavy atom. The van der Waals surface area contributed by atoms with E-state index in [9.17, 15) is 18.3 Å². The van der Waals surface area contributed by atoms with Crippen LogP contribution in [0, 0.1) is 11.3 Å². The van der Waals surface area contributed by atoms with Crippen molar-refractivity contribution in [2.75, 3.05) is 10.6 Å². The third-order valence-corrected chi connectivity index (χ3v) is 4.64. The minimum absolute atomic E-state index is 0.0848. The second kappa shape index (κ2) is 7.12. The number of benzene rings is 1. The first kappa shape index (κ1) is 18.8. The molecule has 2 aromatic rings. The monoisotopic (exact) mass is 401 g/mol. The Morgan fingerprint density at radius 1 is 1.32 bits per heavy atom. The lowest BCUT2D eigenvalue weighted by atomic mass is 10.3. The summed E-state index contributed by atoms with van der Waals surface area (Å²) < 4.78 is 23.0. The van der Waals surface area contributed by atoms with Crippen LogP contribution in [-0.4, -0.2) is 24.5 Å². The zero-order valence-electron chi connectivity index (χ0n) is 12.1. The lowest BCUT2D eigenvalue weighted by Gasteiger charge is -2.12. The van der Waals surface area contributed by atoms with Gasteiger partial charge in [-0.3, -0.25) is 5.32 Å². The number of carbonyl (C=O) groups excluding carboxylic acids is 1. The third kappa shape index (κ3) is 4.09. The van der Waals surface area contributed by atoms with Crippen LogP contribution < -0.4 is 15.8 Å². The molecule has 0 saturated heterocycles. The number of nitriles is 1. The number of rotatable bonds is 3. The molecule has 0 spiro atoms. The number of hydrogen-bond donors (Lipinski definition) is 4. The fourth-order valence-corrected chi connectivity index (χ4v) is 2.92. The van der Waals surface area contributed by atoms with Gasteiger partial charge in [0.05, 0.1) is 21.3 Å². The molecule has 0 radical (unpaired) electrons. The highest BCUT2D eigenvalue weighted by molar-refractivity contribution is 7.89. The molecule has 25 heavy (non-hydrogen) atoms. The van der Waals surface area contributed by atoms with Crippen LogP contribution in [0.5, 0.6) is 5.75 Å². The maximum absolute atomic E-state index is 12.0. The van der Waals surface area contributed by atoms with E-state index in [1.54, 1.807) is 6.07 Å². The van der Waals surface area contributed by atoms with Gasteiger partial charge in [0.1, 0.15) is 11.0 Å². The SMILES string of the molecule is N#Cc1cnc(NC(=O)Nc2cccc(Cl)c2Cl)c(O)c1S(N)(=O)=O. The number of anilines is 2. The van der Waals surface area contributed by atoms with E-state index >= 15 is 0 Å². The summed E-state index contributed by atoms with van der Waals surface area (Å²) in [5.74, 6) is -1.48. The zero-order chi connectivity index (χ0) is 18.8. The van der Waals surface area contributed by atoms with Crippen LogP contribution in [-0.2, 0) is 10.0 Å². The minimum atomic E-state index is -4.43. The first-order valence-electron chi connectivity index (χ1n) is 6.32. The fourth-order valence-electron chi connectivity index (χ4n) is 1.80. The fraction of sp³-hybridized carbons (Fsp3) is 0. The average Bonchev–Trinajstić information content (AvgIpc) is 2.52. The Morgan fingerprint density at radius 2 is 2.00 bits per heavy atom. The van der Waals surface area contributed by atoms with E-state index < -0.39 is 38.1 Å². The molecule has 0 aliphatic carbocycles. The van der Waals surface area contributed by atoms with Crippen molar-refractivity contribution in [2.45, 2.75) is 4.90 Å². The molecule has 130 valence electrons. The van der Waals surface area contributed by atoms with Crippen LogP contribution in [0.25, 0.3) is 0 Å². The Labute approximate surface area is 152 Å². The maximum Gasteiger partial charge on any atom is 0.324 e. The Kier molecular flexibility index (Phi) is 5.34. The van der Waals surface area contributed by atoms with Gasteiger partial charge >= 0.3 is 6.03 Å². The van der Waals surface area contributed by atoms with Crippen LogP contribution in [0.3, 0.4) is 0 Å². The number of amides is 2. The smallest absolute Gasteiger partial charge is 0.324 e. The van der Waals surface area contributed by atoms with E-state index in [4.69, 9.17) is 33.6 Å². The summed E-state index contributed by atoms with van der Waals surface area (Å²) in [5, 5.41) is 28.6. The van der Waals surface area contributed by atoms with Gasteiger partial charge in [0.15, 0.2) is 11.6 Å². The van der Waals surface area contributed by atoms with Crippen LogP contribution in [0.4, 0.5) is 16.3 Å². The number of halogens is 2. The molecule has 2 rings (SSSR count). The zero-order valence-corrected chi connectivity index (χ0v) is 14.4. The number of nitrogens with one attached hydrogen (secondary N) is 2. The van der Waals surface area contributed by atoms with Crippen molar-refractivity contribution in [3.63, 3.8) is 0 Å². The lowest BCUT2D eigenvalue weighted by Crippen LogP contribution is -2.22. The predicted octanol–water partition coefficient (Wildman–Crippen LogP) is 2.26. The average molecular weight is 402 g/mol. The van der Waals surface area contributed by atoms with Gasteiger partial charge in [-0.1, -0.05) is 29.3 Å². The number of urea groups is 1. The molecule has 0 aliphatic heterocycles. The number of carbonyl (C=O) groups is 1. The highest BCUT2D eigenvalue weighted by Crippen LogP contribution is 2.32. The molecule has 5 N–H and O–H groups in total. The molecule has 0 saturated carbocycles. The molecule has 1 heterocycles. The van der Waals surface area contributed by atoms with Crippen molar-refractivity contribution < 1.29 is 18.3 Å². The lowest BCUT2D eigenvalue weighted by molar-refractivity contribution is 0.262. The Hall–Kier alpha value is -2.58. The summed E-state index contributed by atoms with van der Waals surface area (Å²) in [4.78, 5) is 14.8. The molecule has 9 nitrogen and oxygen atoms in total. The second-order valence-corrected chi connectivity index (χ2v) is 6.82. The number of aromatic nitrogens is 1. The maximum atomic E-state index is 12.0. The predicted molar refractivity (Wildman–Crippen MR) is 91.1 cm³/mol. The molecule has 0 unspecified atom stereocenters. The van der Waals surface area contributed by atoms with Crippen molar-refractivity contribution >= 4 is 50.8 Å². The number of nitrogens with two attached hydrogens (primary N) is 1. The van der Waals surface area contributed by atoms with Crippen molar-refractivity contribution in [3.05, 3.63) is 40.0 Å². The van der Waals surface area contributed by atoms with Gasteiger partial charge < -0.3 is 10.4 Å². The van der Waals surface area contributed by atoms with Gasteiger partial charge in [0.2, 0.25) is 10.0 Å². The van der Waals surface area contributed by atoms with Crippen molar-refractivity contribution in [1.82, 2.24) is 4.98 Å². The number of pyridine rings is 1. The van der Waals surface area contributed by atoms with Gasteiger partial charge in [-0.25, -0.2) is 23.3 Å². The molecule has 12 heteroatoms. The van der Waals surface area contributed by atoms with Gasteiger partial charge in [-0.05, 0) is 12.1 Å².